The molecule has 0 aromatic heterocycles. The summed E-state index contributed by atoms with van der Waals surface area (Å²) < 4.78 is 23.9. The van der Waals surface area contributed by atoms with Crippen LogP contribution in [0.4, 0.5) is 5.69 Å². The molecule has 2 bridgehead atoms. The molecule has 0 spiro atoms. The zero-order valence-corrected chi connectivity index (χ0v) is 23.4. The van der Waals surface area contributed by atoms with Crippen LogP contribution >= 0.6 is 0 Å². The van der Waals surface area contributed by atoms with Gasteiger partial charge in [-0.15, -0.1) is 0 Å². The molecular formula is C33H36N2O7. The van der Waals surface area contributed by atoms with Crippen LogP contribution in [-0.4, -0.2) is 55.1 Å². The Morgan fingerprint density at radius 3 is 2.52 bits per heavy atom. The minimum atomic E-state index is -0.733. The Morgan fingerprint density at radius 2 is 1.76 bits per heavy atom. The number of fused-ring (bicyclic) bond motifs is 4. The highest BCUT2D eigenvalue weighted by molar-refractivity contribution is 5.95. The molecule has 3 N–H and O–H groups in total. The molecule has 0 unspecified atom stereocenters. The van der Waals surface area contributed by atoms with E-state index in [0.29, 0.717) is 37.6 Å². The summed E-state index contributed by atoms with van der Waals surface area (Å²) in [7, 11) is 0. The number of nitrogens with one attached hydrogen (secondary N) is 2. The fourth-order valence-corrected chi connectivity index (χ4v) is 6.04. The maximum atomic E-state index is 13.2. The molecule has 0 radical (unpaired) electrons. The van der Waals surface area contributed by atoms with Crippen molar-refractivity contribution >= 4 is 17.5 Å². The number of amides is 2. The number of carbonyl (C=O) groups is 2. The third kappa shape index (κ3) is 6.59. The van der Waals surface area contributed by atoms with Crippen molar-refractivity contribution in [2.24, 2.45) is 5.92 Å². The van der Waals surface area contributed by atoms with Crippen LogP contribution in [0.2, 0.25) is 0 Å². The standard InChI is InChI=1S/C33H36N2O7/c36-20-30-32-28(27-16-22(35-33(32)38)8-11-29(27)41-25-12-14-39-15-13-25)17-26(42-30)18-31(37)34-19-21-6-9-24(10-7-21)40-23-4-2-1-3-5-23/h1-11,16,25-26,28,30,32,36H,12-15,17-20H2,(H,34,37)(H,35,38)/t26-,28+,30+,32-/m1/s1. The number of benzene rings is 3. The Bertz CT molecular complexity index is 1370. The van der Waals surface area contributed by atoms with Crippen LogP contribution in [0, 0.1) is 5.92 Å². The number of anilines is 1. The van der Waals surface area contributed by atoms with Crippen molar-refractivity contribution < 1.29 is 33.6 Å². The van der Waals surface area contributed by atoms with Crippen LogP contribution in [-0.2, 0) is 25.6 Å². The van der Waals surface area contributed by atoms with Crippen LogP contribution < -0.4 is 20.1 Å². The highest BCUT2D eigenvalue weighted by Gasteiger charge is 2.46. The molecule has 3 aliphatic heterocycles. The van der Waals surface area contributed by atoms with Crippen LogP contribution in [0.25, 0.3) is 0 Å². The first-order valence-corrected chi connectivity index (χ1v) is 14.6. The van der Waals surface area contributed by atoms with Crippen molar-refractivity contribution in [3.63, 3.8) is 0 Å². The maximum absolute atomic E-state index is 13.2. The molecule has 3 heterocycles. The van der Waals surface area contributed by atoms with Crippen molar-refractivity contribution in [3.8, 4) is 17.2 Å². The van der Waals surface area contributed by atoms with Crippen molar-refractivity contribution in [1.29, 1.82) is 0 Å². The Balaban J connectivity index is 1.10. The first-order valence-electron chi connectivity index (χ1n) is 14.6. The van der Waals surface area contributed by atoms with Gasteiger partial charge >= 0.3 is 0 Å². The number of aliphatic hydroxyl groups excluding tert-OH is 1. The van der Waals surface area contributed by atoms with E-state index in [0.717, 1.165) is 35.5 Å². The molecule has 42 heavy (non-hydrogen) atoms. The van der Waals surface area contributed by atoms with Gasteiger partial charge in [0.05, 0.1) is 44.4 Å². The first kappa shape index (κ1) is 28.2. The van der Waals surface area contributed by atoms with Gasteiger partial charge in [0, 0.05) is 36.6 Å². The summed E-state index contributed by atoms with van der Waals surface area (Å²) in [5.41, 5.74) is 2.54. The van der Waals surface area contributed by atoms with Gasteiger partial charge in [0.15, 0.2) is 0 Å². The van der Waals surface area contributed by atoms with Crippen molar-refractivity contribution in [1.82, 2.24) is 5.32 Å². The average molecular weight is 573 g/mol. The van der Waals surface area contributed by atoms with Gasteiger partial charge in [-0.25, -0.2) is 0 Å². The van der Waals surface area contributed by atoms with Crippen molar-refractivity contribution in [2.45, 2.75) is 56.5 Å². The predicted octanol–water partition coefficient (Wildman–Crippen LogP) is 4.54. The van der Waals surface area contributed by atoms with Crippen molar-refractivity contribution in [3.05, 3.63) is 83.9 Å². The second kappa shape index (κ2) is 12.9. The van der Waals surface area contributed by atoms with Crippen molar-refractivity contribution in [2.75, 3.05) is 25.1 Å². The van der Waals surface area contributed by atoms with E-state index in [1.54, 1.807) is 0 Å². The lowest BCUT2D eigenvalue weighted by Crippen LogP contribution is -2.48. The van der Waals surface area contributed by atoms with E-state index < -0.39 is 18.1 Å². The number of rotatable bonds is 9. The maximum Gasteiger partial charge on any atom is 0.230 e. The zero-order chi connectivity index (χ0) is 28.9. The largest absolute Gasteiger partial charge is 0.490 e. The van der Waals surface area contributed by atoms with Gasteiger partial charge in [0.2, 0.25) is 11.8 Å². The minimum Gasteiger partial charge on any atom is -0.490 e. The lowest BCUT2D eigenvalue weighted by Gasteiger charge is -2.40. The van der Waals surface area contributed by atoms with E-state index in [-0.39, 0.29) is 36.9 Å². The number of ether oxygens (including phenoxy) is 4. The normalized spacial score (nSPS) is 23.7. The van der Waals surface area contributed by atoms with Gasteiger partial charge in [-0.1, -0.05) is 30.3 Å². The molecule has 2 saturated heterocycles. The quantitative estimate of drug-likeness (QED) is 0.345. The first-order chi connectivity index (χ1) is 20.6. The molecule has 9 nitrogen and oxygen atoms in total. The topological polar surface area (TPSA) is 115 Å². The Hall–Kier alpha value is -3.92. The fourth-order valence-electron chi connectivity index (χ4n) is 6.04. The lowest BCUT2D eigenvalue weighted by atomic mass is 9.76. The smallest absolute Gasteiger partial charge is 0.230 e. The van der Waals surface area contributed by atoms with Gasteiger partial charge in [-0.05, 0) is 54.4 Å². The molecule has 3 aromatic rings. The van der Waals surface area contributed by atoms with Gasteiger partial charge in [0.25, 0.3) is 0 Å². The molecule has 6 rings (SSSR count). The molecule has 2 fully saturated rings. The predicted molar refractivity (Wildman–Crippen MR) is 156 cm³/mol. The molecule has 3 aliphatic rings. The summed E-state index contributed by atoms with van der Waals surface area (Å²) >= 11 is 0. The van der Waals surface area contributed by atoms with Gasteiger partial charge < -0.3 is 34.7 Å². The zero-order valence-electron chi connectivity index (χ0n) is 23.4. The summed E-state index contributed by atoms with van der Waals surface area (Å²) in [5, 5.41) is 16.1. The average Bonchev–Trinajstić information content (AvgIpc) is 3.12. The summed E-state index contributed by atoms with van der Waals surface area (Å²) in [6, 6.07) is 22.8. The van der Waals surface area contributed by atoms with E-state index in [4.69, 9.17) is 18.9 Å². The third-order valence-electron chi connectivity index (χ3n) is 8.14. The summed E-state index contributed by atoms with van der Waals surface area (Å²) in [5.74, 6) is 0.998. The second-order valence-corrected chi connectivity index (χ2v) is 11.1. The van der Waals surface area contributed by atoms with Gasteiger partial charge in [0.1, 0.15) is 23.4 Å². The molecule has 4 atom stereocenters. The van der Waals surface area contributed by atoms with Crippen LogP contribution in [0.15, 0.2) is 72.8 Å². The number of para-hydroxylation sites is 1. The SMILES string of the molecule is O=C(C[C@H]1C[C@H]2c3cc(ccc3OC3CCOCC3)NC(=O)[C@H]2[C@H](CO)O1)NCc1ccc(Oc2ccccc2)cc1. The highest BCUT2D eigenvalue weighted by Crippen LogP contribution is 2.46. The molecule has 0 saturated carbocycles. The third-order valence-corrected chi connectivity index (χ3v) is 8.14. The molecule has 3 aromatic carbocycles. The molecule has 9 heteroatoms. The molecule has 220 valence electrons. The fraction of sp³-hybridized carbons (Fsp3) is 0.394. The van der Waals surface area contributed by atoms with E-state index in [1.165, 1.54) is 0 Å². The lowest BCUT2D eigenvalue weighted by molar-refractivity contribution is -0.148. The van der Waals surface area contributed by atoms with Gasteiger partial charge in [-0.3, -0.25) is 9.59 Å². The Kier molecular flexibility index (Phi) is 8.69. The Labute approximate surface area is 245 Å². The van der Waals surface area contributed by atoms with E-state index in [9.17, 15) is 14.7 Å². The van der Waals surface area contributed by atoms with Crippen LogP contribution in [0.3, 0.4) is 0 Å². The highest BCUT2D eigenvalue weighted by atomic mass is 16.5. The number of hydrogen-bond donors (Lipinski definition) is 3. The summed E-state index contributed by atoms with van der Waals surface area (Å²) in [6.07, 6.45) is 1.04. The molecular weight excluding hydrogens is 536 g/mol. The van der Waals surface area contributed by atoms with E-state index >= 15 is 0 Å². The summed E-state index contributed by atoms with van der Waals surface area (Å²) in [4.78, 5) is 26.2. The molecule has 0 aliphatic carbocycles. The number of carbonyl (C=O) groups excluding carboxylic acids is 2. The number of hydrogen-bond acceptors (Lipinski definition) is 7. The minimum absolute atomic E-state index is 0.0419. The Morgan fingerprint density at radius 1 is 1.00 bits per heavy atom. The van der Waals surface area contributed by atoms with Crippen LogP contribution in [0.5, 0.6) is 17.2 Å². The van der Waals surface area contributed by atoms with E-state index in [1.807, 2.05) is 72.8 Å². The number of aliphatic hydroxyl groups is 1. The van der Waals surface area contributed by atoms with Crippen LogP contribution in [0.1, 0.15) is 42.7 Å². The molecule has 2 amide bonds. The van der Waals surface area contributed by atoms with Gasteiger partial charge in [-0.2, -0.15) is 0 Å². The second-order valence-electron chi connectivity index (χ2n) is 11.1. The summed E-state index contributed by atoms with van der Waals surface area (Å²) in [6.45, 7) is 1.36. The van der Waals surface area contributed by atoms with E-state index in [2.05, 4.69) is 10.6 Å². The monoisotopic (exact) mass is 572 g/mol.